The van der Waals surface area contributed by atoms with E-state index in [1.54, 1.807) is 23.1 Å². The molecule has 0 saturated heterocycles. The van der Waals surface area contributed by atoms with Gasteiger partial charge in [-0.2, -0.15) is 11.8 Å². The van der Waals surface area contributed by atoms with Crippen molar-refractivity contribution >= 4 is 29.0 Å². The summed E-state index contributed by atoms with van der Waals surface area (Å²) in [5.41, 5.74) is 1.14. The molecule has 126 valence electrons. The van der Waals surface area contributed by atoms with Gasteiger partial charge >= 0.3 is 0 Å². The molecule has 1 N–H and O–H groups in total. The molecule has 0 unspecified atom stereocenters. The second-order valence-corrected chi connectivity index (χ2v) is 7.72. The summed E-state index contributed by atoms with van der Waals surface area (Å²) in [7, 11) is 0. The Hall–Kier alpha value is -1.27. The average Bonchev–Trinajstić information content (AvgIpc) is 3.19. The van der Waals surface area contributed by atoms with Gasteiger partial charge in [-0.25, -0.2) is 4.98 Å². The van der Waals surface area contributed by atoms with Crippen LogP contribution in [-0.4, -0.2) is 34.0 Å². The van der Waals surface area contributed by atoms with Gasteiger partial charge in [0.05, 0.1) is 10.7 Å². The third kappa shape index (κ3) is 5.39. The van der Waals surface area contributed by atoms with Crippen LogP contribution in [0.3, 0.4) is 0 Å². The molecule has 0 aliphatic heterocycles. The van der Waals surface area contributed by atoms with Crippen molar-refractivity contribution in [3.63, 3.8) is 0 Å². The second-order valence-electron chi connectivity index (χ2n) is 5.79. The van der Waals surface area contributed by atoms with E-state index in [2.05, 4.69) is 35.8 Å². The highest BCUT2D eigenvalue weighted by Crippen LogP contribution is 2.18. The lowest BCUT2D eigenvalue weighted by Crippen LogP contribution is -2.33. The maximum absolute atomic E-state index is 12.5. The van der Waals surface area contributed by atoms with Crippen LogP contribution >= 0.6 is 23.1 Å². The zero-order valence-corrected chi connectivity index (χ0v) is 15.6. The van der Waals surface area contributed by atoms with Crippen LogP contribution < -0.4 is 5.32 Å². The summed E-state index contributed by atoms with van der Waals surface area (Å²) in [6.07, 6.45) is 7.63. The summed E-state index contributed by atoms with van der Waals surface area (Å²) in [6, 6.07) is 3.80. The van der Waals surface area contributed by atoms with Gasteiger partial charge in [0.1, 0.15) is 6.04 Å². The van der Waals surface area contributed by atoms with Crippen LogP contribution in [0, 0.1) is 0 Å². The van der Waals surface area contributed by atoms with Gasteiger partial charge in [-0.15, -0.1) is 11.3 Å². The highest BCUT2D eigenvalue weighted by molar-refractivity contribution is 7.98. The number of nitrogens with one attached hydrogen (secondary N) is 1. The normalized spacial score (nSPS) is 12.5. The van der Waals surface area contributed by atoms with Crippen LogP contribution in [0.25, 0.3) is 0 Å². The maximum Gasteiger partial charge on any atom is 0.243 e. The van der Waals surface area contributed by atoms with Crippen LogP contribution in [0.15, 0.2) is 29.9 Å². The SMILES string of the molecule is CSCC[C@H](C(=O)NCCc1nc(C(C)C)cs1)n1cccc1. The average molecular weight is 352 g/mol. The van der Waals surface area contributed by atoms with Gasteiger partial charge in [0.15, 0.2) is 0 Å². The molecule has 23 heavy (non-hydrogen) atoms. The second kappa shape index (κ2) is 9.13. The molecule has 0 spiro atoms. The number of carbonyl (C=O) groups excluding carboxylic acids is 1. The number of nitrogens with zero attached hydrogens (tertiary/aromatic N) is 2. The molecule has 0 bridgehead atoms. The molecule has 0 aromatic carbocycles. The lowest BCUT2D eigenvalue weighted by atomic mass is 10.2. The van der Waals surface area contributed by atoms with Gasteiger partial charge in [-0.3, -0.25) is 4.79 Å². The molecule has 1 amide bonds. The molecule has 1 atom stereocenters. The van der Waals surface area contributed by atoms with Crippen molar-refractivity contribution in [3.8, 4) is 0 Å². The van der Waals surface area contributed by atoms with E-state index >= 15 is 0 Å². The molecule has 4 nitrogen and oxygen atoms in total. The summed E-state index contributed by atoms with van der Waals surface area (Å²) in [5.74, 6) is 1.52. The van der Waals surface area contributed by atoms with Crippen LogP contribution in [0.4, 0.5) is 0 Å². The van der Waals surface area contributed by atoms with Crippen molar-refractivity contribution in [2.45, 2.75) is 38.6 Å². The summed E-state index contributed by atoms with van der Waals surface area (Å²) in [6.45, 7) is 4.93. The van der Waals surface area contributed by atoms with Crippen molar-refractivity contribution in [2.75, 3.05) is 18.6 Å². The van der Waals surface area contributed by atoms with E-state index < -0.39 is 0 Å². The monoisotopic (exact) mass is 351 g/mol. The molecule has 0 fully saturated rings. The Labute approximate surface area is 146 Å². The first-order chi connectivity index (χ1) is 11.1. The molecular formula is C17H25N3OS2. The highest BCUT2D eigenvalue weighted by atomic mass is 32.2. The standard InChI is InChI=1S/C17H25N3OS2/c1-13(2)14-12-23-16(19-14)6-8-18-17(21)15(7-11-22-3)20-9-4-5-10-20/h4-5,9-10,12-13,15H,6-8,11H2,1-3H3,(H,18,21)/t15-/m1/s1. The minimum Gasteiger partial charge on any atom is -0.354 e. The van der Waals surface area contributed by atoms with Crippen LogP contribution in [0.2, 0.25) is 0 Å². The molecule has 0 saturated carbocycles. The third-order valence-corrected chi connectivity index (χ3v) is 5.26. The molecule has 2 aromatic heterocycles. The number of rotatable bonds is 9. The molecular weight excluding hydrogens is 326 g/mol. The van der Waals surface area contributed by atoms with Crippen molar-refractivity contribution in [2.24, 2.45) is 0 Å². The fraction of sp³-hybridized carbons (Fsp3) is 0.529. The van der Waals surface area contributed by atoms with E-state index in [1.165, 1.54) is 0 Å². The van der Waals surface area contributed by atoms with Crippen LogP contribution in [0.5, 0.6) is 0 Å². The first kappa shape index (κ1) is 18.1. The molecule has 0 aliphatic rings. The van der Waals surface area contributed by atoms with E-state index in [9.17, 15) is 4.79 Å². The van der Waals surface area contributed by atoms with E-state index in [0.29, 0.717) is 12.5 Å². The van der Waals surface area contributed by atoms with E-state index in [1.807, 2.05) is 29.1 Å². The third-order valence-electron chi connectivity index (χ3n) is 3.68. The number of carbonyl (C=O) groups is 1. The summed E-state index contributed by atoms with van der Waals surface area (Å²) < 4.78 is 1.99. The molecule has 0 radical (unpaired) electrons. The maximum atomic E-state index is 12.5. The van der Waals surface area contributed by atoms with Gasteiger partial charge in [0, 0.05) is 30.7 Å². The Morgan fingerprint density at radius 2 is 2.13 bits per heavy atom. The van der Waals surface area contributed by atoms with Crippen molar-refractivity contribution in [1.82, 2.24) is 14.9 Å². The first-order valence-corrected chi connectivity index (χ1v) is 10.2. The van der Waals surface area contributed by atoms with Crippen molar-refractivity contribution < 1.29 is 4.79 Å². The van der Waals surface area contributed by atoms with E-state index in [4.69, 9.17) is 0 Å². The number of aromatic nitrogens is 2. The largest absolute Gasteiger partial charge is 0.354 e. The topological polar surface area (TPSA) is 46.9 Å². The predicted molar refractivity (Wildman–Crippen MR) is 99.4 cm³/mol. The Balaban J connectivity index is 1.85. The summed E-state index contributed by atoms with van der Waals surface area (Å²) in [4.78, 5) is 17.1. The van der Waals surface area contributed by atoms with Gasteiger partial charge in [0.25, 0.3) is 0 Å². The van der Waals surface area contributed by atoms with Gasteiger partial charge < -0.3 is 9.88 Å². The first-order valence-electron chi connectivity index (χ1n) is 7.95. The van der Waals surface area contributed by atoms with Gasteiger partial charge in [-0.1, -0.05) is 13.8 Å². The lowest BCUT2D eigenvalue weighted by molar-refractivity contribution is -0.124. The predicted octanol–water partition coefficient (Wildman–Crippen LogP) is 3.72. The highest BCUT2D eigenvalue weighted by Gasteiger charge is 2.18. The lowest BCUT2D eigenvalue weighted by Gasteiger charge is -2.18. The number of hydrogen-bond donors (Lipinski definition) is 1. The van der Waals surface area contributed by atoms with E-state index in [0.717, 1.165) is 29.3 Å². The fourth-order valence-corrected chi connectivity index (χ4v) is 3.73. The van der Waals surface area contributed by atoms with Crippen LogP contribution in [-0.2, 0) is 11.2 Å². The molecule has 2 aromatic rings. The Bertz CT molecular complexity index is 593. The van der Waals surface area contributed by atoms with Crippen molar-refractivity contribution in [1.29, 1.82) is 0 Å². The number of amides is 1. The molecule has 6 heteroatoms. The van der Waals surface area contributed by atoms with Crippen LogP contribution in [0.1, 0.15) is 42.9 Å². The zero-order chi connectivity index (χ0) is 16.7. The molecule has 0 aliphatic carbocycles. The minimum absolute atomic E-state index is 0.0934. The summed E-state index contributed by atoms with van der Waals surface area (Å²) >= 11 is 3.45. The number of thiazole rings is 1. The van der Waals surface area contributed by atoms with E-state index in [-0.39, 0.29) is 11.9 Å². The number of thioether (sulfide) groups is 1. The smallest absolute Gasteiger partial charge is 0.243 e. The Morgan fingerprint density at radius 1 is 1.39 bits per heavy atom. The molecule has 2 heterocycles. The quantitative estimate of drug-likeness (QED) is 0.749. The van der Waals surface area contributed by atoms with Gasteiger partial charge in [-0.05, 0) is 36.5 Å². The summed E-state index contributed by atoms with van der Waals surface area (Å²) in [5, 5.41) is 6.27. The molecule has 2 rings (SSSR count). The minimum atomic E-state index is -0.125. The van der Waals surface area contributed by atoms with Gasteiger partial charge in [0.2, 0.25) is 5.91 Å². The Kier molecular flexibility index (Phi) is 7.17. The zero-order valence-electron chi connectivity index (χ0n) is 14.0. The fourth-order valence-electron chi connectivity index (χ4n) is 2.32. The van der Waals surface area contributed by atoms with Crippen molar-refractivity contribution in [3.05, 3.63) is 40.6 Å². The Morgan fingerprint density at radius 3 is 2.74 bits per heavy atom. The number of hydrogen-bond acceptors (Lipinski definition) is 4.